The van der Waals surface area contributed by atoms with Crippen molar-refractivity contribution in [1.29, 1.82) is 0 Å². The summed E-state index contributed by atoms with van der Waals surface area (Å²) in [6.07, 6.45) is 0. The summed E-state index contributed by atoms with van der Waals surface area (Å²) in [6, 6.07) is 10.5. The summed E-state index contributed by atoms with van der Waals surface area (Å²) in [5, 5.41) is 4.51. The summed E-state index contributed by atoms with van der Waals surface area (Å²) >= 11 is 10.9. The van der Waals surface area contributed by atoms with Gasteiger partial charge in [0.05, 0.1) is 26.0 Å². The van der Waals surface area contributed by atoms with Gasteiger partial charge in [0.15, 0.2) is 5.82 Å². The second-order valence-electron chi connectivity index (χ2n) is 4.70. The molecule has 0 saturated heterocycles. The van der Waals surface area contributed by atoms with Crippen molar-refractivity contribution in [2.75, 3.05) is 6.61 Å². The summed E-state index contributed by atoms with van der Waals surface area (Å²) in [4.78, 5) is 12.6. The van der Waals surface area contributed by atoms with Crippen molar-refractivity contribution in [3.05, 3.63) is 56.7 Å². The van der Waals surface area contributed by atoms with Crippen molar-refractivity contribution in [3.8, 4) is 16.3 Å². The minimum absolute atomic E-state index is 0.136. The SMILES string of the molecule is CCOC(=O)c1nn(-c2ccccc2Cl)c(-c2ccc(Br)s2)c1F. The Labute approximate surface area is 154 Å². The molecule has 8 heteroatoms. The highest BCUT2D eigenvalue weighted by Gasteiger charge is 2.27. The van der Waals surface area contributed by atoms with Crippen molar-refractivity contribution in [3.63, 3.8) is 0 Å². The first-order chi connectivity index (χ1) is 11.5. The van der Waals surface area contributed by atoms with Crippen LogP contribution in [0.3, 0.4) is 0 Å². The van der Waals surface area contributed by atoms with E-state index in [0.717, 1.165) is 3.79 Å². The zero-order valence-electron chi connectivity index (χ0n) is 12.4. The lowest BCUT2D eigenvalue weighted by Crippen LogP contribution is -2.08. The van der Waals surface area contributed by atoms with E-state index in [9.17, 15) is 9.18 Å². The van der Waals surface area contributed by atoms with Crippen molar-refractivity contribution < 1.29 is 13.9 Å². The van der Waals surface area contributed by atoms with Gasteiger partial charge in [0.1, 0.15) is 5.69 Å². The topological polar surface area (TPSA) is 44.1 Å². The van der Waals surface area contributed by atoms with Gasteiger partial charge < -0.3 is 4.74 Å². The highest BCUT2D eigenvalue weighted by molar-refractivity contribution is 9.11. The van der Waals surface area contributed by atoms with E-state index in [1.54, 1.807) is 43.3 Å². The number of ether oxygens (including phenoxy) is 1. The van der Waals surface area contributed by atoms with E-state index in [1.165, 1.54) is 16.0 Å². The van der Waals surface area contributed by atoms with Crippen LogP contribution in [-0.4, -0.2) is 22.4 Å². The molecule has 124 valence electrons. The predicted octanol–water partition coefficient (Wildman–Crippen LogP) is 5.33. The first kappa shape index (κ1) is 17.1. The Bertz CT molecular complexity index is 909. The molecular formula is C16H11BrClFN2O2S. The third-order valence-electron chi connectivity index (χ3n) is 3.18. The molecule has 0 bridgehead atoms. The fourth-order valence-electron chi connectivity index (χ4n) is 2.18. The van der Waals surface area contributed by atoms with Crippen LogP contribution in [0.15, 0.2) is 40.2 Å². The molecule has 0 amide bonds. The minimum Gasteiger partial charge on any atom is -0.461 e. The molecule has 0 spiro atoms. The van der Waals surface area contributed by atoms with Gasteiger partial charge in [0.2, 0.25) is 5.69 Å². The van der Waals surface area contributed by atoms with E-state index < -0.39 is 11.8 Å². The largest absolute Gasteiger partial charge is 0.461 e. The molecule has 0 atom stereocenters. The normalized spacial score (nSPS) is 10.8. The zero-order valence-corrected chi connectivity index (χ0v) is 15.6. The van der Waals surface area contributed by atoms with Crippen LogP contribution in [-0.2, 0) is 4.74 Å². The van der Waals surface area contributed by atoms with Gasteiger partial charge in [-0.1, -0.05) is 23.7 Å². The number of hydrogen-bond donors (Lipinski definition) is 0. The van der Waals surface area contributed by atoms with Crippen LogP contribution < -0.4 is 0 Å². The number of para-hydroxylation sites is 1. The van der Waals surface area contributed by atoms with E-state index in [2.05, 4.69) is 21.0 Å². The summed E-state index contributed by atoms with van der Waals surface area (Å²) < 4.78 is 22.0. The van der Waals surface area contributed by atoms with Gasteiger partial charge in [-0.25, -0.2) is 13.9 Å². The maximum Gasteiger partial charge on any atom is 0.361 e. The average Bonchev–Trinajstić information content (AvgIpc) is 3.11. The molecule has 24 heavy (non-hydrogen) atoms. The lowest BCUT2D eigenvalue weighted by molar-refractivity contribution is 0.0513. The fourth-order valence-corrected chi connectivity index (χ4v) is 3.81. The van der Waals surface area contributed by atoms with Crippen LogP contribution in [0.4, 0.5) is 4.39 Å². The van der Waals surface area contributed by atoms with E-state index in [0.29, 0.717) is 15.6 Å². The molecular weight excluding hydrogens is 419 g/mol. The second-order valence-corrected chi connectivity index (χ2v) is 7.57. The van der Waals surface area contributed by atoms with Crippen LogP contribution in [0.2, 0.25) is 5.02 Å². The summed E-state index contributed by atoms with van der Waals surface area (Å²) in [5.74, 6) is -1.54. The Morgan fingerprint density at radius 3 is 2.75 bits per heavy atom. The minimum atomic E-state index is -0.808. The second kappa shape index (κ2) is 7.04. The smallest absolute Gasteiger partial charge is 0.361 e. The van der Waals surface area contributed by atoms with E-state index in [1.807, 2.05) is 0 Å². The molecule has 0 aliphatic rings. The van der Waals surface area contributed by atoms with Crippen molar-refractivity contribution >= 4 is 44.8 Å². The Morgan fingerprint density at radius 1 is 1.38 bits per heavy atom. The zero-order chi connectivity index (χ0) is 17.3. The van der Waals surface area contributed by atoms with Gasteiger partial charge in [-0.3, -0.25) is 0 Å². The van der Waals surface area contributed by atoms with Gasteiger partial charge in [-0.05, 0) is 47.1 Å². The molecule has 2 heterocycles. The van der Waals surface area contributed by atoms with E-state index in [-0.39, 0.29) is 18.0 Å². The number of nitrogens with zero attached hydrogens (tertiary/aromatic N) is 2. The number of halogens is 3. The molecule has 0 aliphatic heterocycles. The summed E-state index contributed by atoms with van der Waals surface area (Å²) in [6.45, 7) is 1.79. The van der Waals surface area contributed by atoms with Gasteiger partial charge in [-0.15, -0.1) is 11.3 Å². The maximum absolute atomic E-state index is 14.9. The summed E-state index contributed by atoms with van der Waals surface area (Å²) in [5.41, 5.74) is 0.284. The highest BCUT2D eigenvalue weighted by Crippen LogP contribution is 2.36. The Hall–Kier alpha value is -1.70. The first-order valence-electron chi connectivity index (χ1n) is 6.99. The number of aromatic nitrogens is 2. The molecule has 3 rings (SSSR count). The molecule has 0 aliphatic carbocycles. The van der Waals surface area contributed by atoms with Crippen LogP contribution in [0.1, 0.15) is 17.4 Å². The molecule has 0 N–H and O–H groups in total. The number of thiophene rings is 1. The lowest BCUT2D eigenvalue weighted by Gasteiger charge is -2.07. The molecule has 4 nitrogen and oxygen atoms in total. The van der Waals surface area contributed by atoms with Crippen LogP contribution >= 0.6 is 38.9 Å². The van der Waals surface area contributed by atoms with Gasteiger partial charge >= 0.3 is 5.97 Å². The number of esters is 1. The van der Waals surface area contributed by atoms with Crippen LogP contribution in [0.25, 0.3) is 16.3 Å². The number of hydrogen-bond acceptors (Lipinski definition) is 4. The van der Waals surface area contributed by atoms with E-state index >= 15 is 0 Å². The average molecular weight is 430 g/mol. The van der Waals surface area contributed by atoms with Gasteiger partial charge in [-0.2, -0.15) is 5.10 Å². The Balaban J connectivity index is 2.25. The maximum atomic E-state index is 14.9. The fraction of sp³-hybridized carbons (Fsp3) is 0.125. The Morgan fingerprint density at radius 2 is 2.12 bits per heavy atom. The van der Waals surface area contributed by atoms with Gasteiger partial charge in [0.25, 0.3) is 0 Å². The number of carbonyl (C=O) groups excluding carboxylic acids is 1. The number of benzene rings is 1. The third-order valence-corrected chi connectivity index (χ3v) is 5.13. The molecule has 0 radical (unpaired) electrons. The highest BCUT2D eigenvalue weighted by atomic mass is 79.9. The van der Waals surface area contributed by atoms with Crippen molar-refractivity contribution in [2.45, 2.75) is 6.92 Å². The summed E-state index contributed by atoms with van der Waals surface area (Å²) in [7, 11) is 0. The van der Waals surface area contributed by atoms with Crippen molar-refractivity contribution in [2.24, 2.45) is 0 Å². The predicted molar refractivity (Wildman–Crippen MR) is 95.5 cm³/mol. The molecule has 0 fully saturated rings. The lowest BCUT2D eigenvalue weighted by atomic mass is 10.2. The number of rotatable bonds is 4. The first-order valence-corrected chi connectivity index (χ1v) is 8.98. The van der Waals surface area contributed by atoms with Crippen molar-refractivity contribution in [1.82, 2.24) is 9.78 Å². The molecule has 3 aromatic rings. The Kier molecular flexibility index (Phi) is 5.03. The molecule has 0 saturated carbocycles. The monoisotopic (exact) mass is 428 g/mol. The number of carbonyl (C=O) groups is 1. The quantitative estimate of drug-likeness (QED) is 0.526. The van der Waals surface area contributed by atoms with Gasteiger partial charge in [0, 0.05) is 0 Å². The molecule has 1 aromatic carbocycles. The molecule has 2 aromatic heterocycles. The third kappa shape index (κ3) is 3.11. The van der Waals surface area contributed by atoms with E-state index in [4.69, 9.17) is 16.3 Å². The molecule has 0 unspecified atom stereocenters. The van der Waals surface area contributed by atoms with Crippen LogP contribution in [0.5, 0.6) is 0 Å². The van der Waals surface area contributed by atoms with Crippen LogP contribution in [0, 0.1) is 5.82 Å². The standard InChI is InChI=1S/C16H11BrClFN2O2S/c1-2-23-16(22)14-13(19)15(11-7-8-12(17)24-11)21(20-14)10-6-4-3-5-9(10)18/h3-8H,2H2,1H3.